The normalized spacial score (nSPS) is 12.2. The number of aromatic amines is 1. The van der Waals surface area contributed by atoms with Crippen LogP contribution in [0.25, 0.3) is 33.4 Å². The molecule has 184 valence electrons. The van der Waals surface area contributed by atoms with E-state index in [0.29, 0.717) is 34.4 Å². The van der Waals surface area contributed by atoms with Crippen LogP contribution in [0.4, 0.5) is 10.1 Å². The summed E-state index contributed by atoms with van der Waals surface area (Å²) < 4.78 is 15.9. The van der Waals surface area contributed by atoms with Crippen LogP contribution in [-0.4, -0.2) is 33.3 Å². The van der Waals surface area contributed by atoms with Crippen molar-refractivity contribution in [2.45, 2.75) is 20.8 Å². The molecule has 6 nitrogen and oxygen atoms in total. The third-order valence-electron chi connectivity index (χ3n) is 5.88. The number of nitrogens with one attached hydrogen (secondary N) is 3. The van der Waals surface area contributed by atoms with E-state index in [9.17, 15) is 0 Å². The van der Waals surface area contributed by atoms with Crippen LogP contribution < -0.4 is 10.6 Å². The quantitative estimate of drug-likeness (QED) is 0.210. The predicted octanol–water partition coefficient (Wildman–Crippen LogP) is 6.74. The number of likely N-dealkylation sites (N-methyl/N-ethyl adjacent to an activating group) is 1. The van der Waals surface area contributed by atoms with Gasteiger partial charge in [0.1, 0.15) is 11.4 Å². The summed E-state index contributed by atoms with van der Waals surface area (Å²) in [6.45, 7) is 15.4. The number of fused-ring (bicyclic) bond motifs is 1. The van der Waals surface area contributed by atoms with Gasteiger partial charge in [0.2, 0.25) is 0 Å². The largest absolute Gasteiger partial charge is 0.354 e. The van der Waals surface area contributed by atoms with Crippen LogP contribution in [0.3, 0.4) is 0 Å². The molecule has 4 aromatic rings. The summed E-state index contributed by atoms with van der Waals surface area (Å²) in [7, 11) is 0. The molecule has 0 saturated carbocycles. The smallest absolute Gasteiger partial charge is 0.161 e. The fraction of sp³-hybridized carbons (Fsp3) is 0.179. The molecule has 3 N–H and O–H groups in total. The van der Waals surface area contributed by atoms with Crippen molar-refractivity contribution in [3.8, 4) is 11.3 Å². The summed E-state index contributed by atoms with van der Waals surface area (Å²) in [6, 6.07) is 3.91. The highest BCUT2D eigenvalue weighted by atomic mass is 32.1. The van der Waals surface area contributed by atoms with Crippen molar-refractivity contribution >= 4 is 39.2 Å². The lowest BCUT2D eigenvalue weighted by molar-refractivity contribution is 0.629. The number of hydrogen-bond donors (Lipinski definition) is 3. The molecule has 0 aliphatic rings. The third kappa shape index (κ3) is 5.05. The molecule has 0 aliphatic carbocycles. The van der Waals surface area contributed by atoms with Gasteiger partial charge >= 0.3 is 0 Å². The minimum atomic E-state index is -0.458. The van der Waals surface area contributed by atoms with Crippen molar-refractivity contribution in [3.05, 3.63) is 95.0 Å². The number of H-pyrrole nitrogens is 1. The van der Waals surface area contributed by atoms with E-state index in [-0.39, 0.29) is 5.69 Å². The zero-order valence-electron chi connectivity index (χ0n) is 20.7. The van der Waals surface area contributed by atoms with E-state index in [4.69, 9.17) is 0 Å². The number of rotatable bonds is 10. The SMILES string of the molecule is C=C/C(=C\C(=C/C)c1ncc2[nH]nc(C(=C)Nc3ccnc(-c4ccsc4)c3C)c2c1F)CNCC. The topological polar surface area (TPSA) is 78.5 Å². The highest BCUT2D eigenvalue weighted by Gasteiger charge is 2.20. The number of allylic oxidation sites excluding steroid dienone is 3. The Morgan fingerprint density at radius 1 is 1.25 bits per heavy atom. The second-order valence-corrected chi connectivity index (χ2v) is 8.96. The molecule has 4 rings (SSSR count). The molecule has 0 saturated heterocycles. The lowest BCUT2D eigenvalue weighted by Crippen LogP contribution is -2.15. The minimum Gasteiger partial charge on any atom is -0.354 e. The highest BCUT2D eigenvalue weighted by Crippen LogP contribution is 2.32. The van der Waals surface area contributed by atoms with Crippen LogP contribution in [0, 0.1) is 12.7 Å². The zero-order valence-corrected chi connectivity index (χ0v) is 21.5. The van der Waals surface area contributed by atoms with Crippen LogP contribution in [0.2, 0.25) is 0 Å². The predicted molar refractivity (Wildman–Crippen MR) is 149 cm³/mol. The second kappa shape index (κ2) is 11.2. The molecule has 0 fully saturated rings. The van der Waals surface area contributed by atoms with Crippen LogP contribution in [0.5, 0.6) is 0 Å². The van der Waals surface area contributed by atoms with Crippen molar-refractivity contribution in [1.29, 1.82) is 0 Å². The first kappa shape index (κ1) is 25.2. The molecular weight excluding hydrogens is 471 g/mol. The van der Waals surface area contributed by atoms with Crippen LogP contribution >= 0.6 is 11.3 Å². The van der Waals surface area contributed by atoms with E-state index in [1.165, 1.54) is 0 Å². The maximum absolute atomic E-state index is 15.9. The van der Waals surface area contributed by atoms with Gasteiger partial charge in [0.15, 0.2) is 5.82 Å². The molecule has 0 amide bonds. The Morgan fingerprint density at radius 2 is 2.08 bits per heavy atom. The Kier molecular flexibility index (Phi) is 7.87. The monoisotopic (exact) mass is 500 g/mol. The molecule has 0 bridgehead atoms. The molecule has 0 radical (unpaired) electrons. The first-order valence-corrected chi connectivity index (χ1v) is 12.6. The van der Waals surface area contributed by atoms with E-state index in [1.54, 1.807) is 29.8 Å². The molecule has 0 atom stereocenters. The summed E-state index contributed by atoms with van der Waals surface area (Å²) in [5, 5.41) is 18.2. The molecular formula is C28H29FN6S. The molecule has 4 heterocycles. The van der Waals surface area contributed by atoms with Crippen molar-refractivity contribution < 1.29 is 4.39 Å². The maximum atomic E-state index is 15.9. The van der Waals surface area contributed by atoms with Gasteiger partial charge in [-0.3, -0.25) is 15.1 Å². The highest BCUT2D eigenvalue weighted by molar-refractivity contribution is 7.08. The number of pyridine rings is 2. The zero-order chi connectivity index (χ0) is 25.7. The van der Waals surface area contributed by atoms with Gasteiger partial charge in [-0.25, -0.2) is 4.39 Å². The second-order valence-electron chi connectivity index (χ2n) is 8.18. The van der Waals surface area contributed by atoms with Gasteiger partial charge in [-0.15, -0.1) is 0 Å². The average Bonchev–Trinajstić information content (AvgIpc) is 3.57. The van der Waals surface area contributed by atoms with Gasteiger partial charge in [0, 0.05) is 29.4 Å². The van der Waals surface area contributed by atoms with E-state index >= 15 is 4.39 Å². The van der Waals surface area contributed by atoms with Crippen molar-refractivity contribution in [2.24, 2.45) is 0 Å². The summed E-state index contributed by atoms with van der Waals surface area (Å²) in [4.78, 5) is 8.91. The number of hydrogen-bond acceptors (Lipinski definition) is 6. The van der Waals surface area contributed by atoms with Crippen molar-refractivity contribution in [3.63, 3.8) is 0 Å². The van der Waals surface area contributed by atoms with Gasteiger partial charge in [-0.1, -0.05) is 32.2 Å². The Hall–Kier alpha value is -3.88. The van der Waals surface area contributed by atoms with Gasteiger partial charge in [0.25, 0.3) is 0 Å². The molecule has 0 unspecified atom stereocenters. The number of thiophene rings is 1. The van der Waals surface area contributed by atoms with Gasteiger partial charge < -0.3 is 10.6 Å². The molecule has 0 spiro atoms. The fourth-order valence-corrected chi connectivity index (χ4v) is 4.56. The average molecular weight is 501 g/mol. The number of halogens is 1. The molecule has 36 heavy (non-hydrogen) atoms. The van der Waals surface area contributed by atoms with Crippen molar-refractivity contribution in [1.82, 2.24) is 25.5 Å². The van der Waals surface area contributed by atoms with Gasteiger partial charge in [-0.2, -0.15) is 16.4 Å². The molecule has 0 aromatic carbocycles. The first-order chi connectivity index (χ1) is 17.5. The van der Waals surface area contributed by atoms with Crippen molar-refractivity contribution in [2.75, 3.05) is 18.4 Å². The molecule has 8 heteroatoms. The third-order valence-corrected chi connectivity index (χ3v) is 6.56. The van der Waals surface area contributed by atoms with E-state index < -0.39 is 5.82 Å². The van der Waals surface area contributed by atoms with Crippen LogP contribution in [-0.2, 0) is 0 Å². The van der Waals surface area contributed by atoms with Gasteiger partial charge in [-0.05, 0) is 60.7 Å². The summed E-state index contributed by atoms with van der Waals surface area (Å²) in [5.74, 6) is -0.458. The standard InChI is InChI=1S/C28H29FN6S/c1-6-19(14-30-8-3)13-20(7-2)28-25(29)24-23(15-32-28)34-35-27(24)18(5)33-22-9-11-31-26(17(22)4)21-10-12-36-16-21/h6-7,9-13,15-16,30H,1,5,8,14H2,2-4H3,(H,31,33)(H,34,35)/b19-13+,20-7+. The molecule has 0 aliphatic heterocycles. The summed E-state index contributed by atoms with van der Waals surface area (Å²) in [5.41, 5.74) is 6.97. The number of nitrogens with zero attached hydrogens (tertiary/aromatic N) is 3. The molecule has 4 aromatic heterocycles. The Balaban J connectivity index is 1.70. The number of aromatic nitrogens is 4. The van der Waals surface area contributed by atoms with Gasteiger partial charge in [0.05, 0.1) is 28.5 Å². The van der Waals surface area contributed by atoms with Crippen LogP contribution in [0.15, 0.2) is 72.2 Å². The van der Waals surface area contributed by atoms with E-state index in [1.807, 2.05) is 50.4 Å². The Bertz CT molecular complexity index is 1460. The Labute approximate surface area is 214 Å². The maximum Gasteiger partial charge on any atom is 0.161 e. The lowest BCUT2D eigenvalue weighted by atomic mass is 10.0. The minimum absolute atomic E-state index is 0.246. The first-order valence-electron chi connectivity index (χ1n) is 11.7. The Morgan fingerprint density at radius 3 is 2.78 bits per heavy atom. The lowest BCUT2D eigenvalue weighted by Gasteiger charge is -2.13. The summed E-state index contributed by atoms with van der Waals surface area (Å²) in [6.07, 6.45) is 8.84. The summed E-state index contributed by atoms with van der Waals surface area (Å²) >= 11 is 1.62. The number of anilines is 1. The fourth-order valence-electron chi connectivity index (χ4n) is 3.92. The van der Waals surface area contributed by atoms with E-state index in [2.05, 4.69) is 49.3 Å². The van der Waals surface area contributed by atoms with E-state index in [0.717, 1.165) is 34.6 Å². The van der Waals surface area contributed by atoms with Crippen LogP contribution in [0.1, 0.15) is 30.8 Å².